The van der Waals surface area contributed by atoms with Crippen LogP contribution in [0.15, 0.2) is 30.5 Å². The molecule has 2 aromatic rings. The number of ether oxygens (including phenoxy) is 2. The van der Waals surface area contributed by atoms with Crippen molar-refractivity contribution in [1.29, 1.82) is 0 Å². The molecule has 5 nitrogen and oxygen atoms in total. The fraction of sp³-hybridized carbons (Fsp3) is 0.375. The highest BCUT2D eigenvalue weighted by atomic mass is 16.5. The van der Waals surface area contributed by atoms with Crippen molar-refractivity contribution in [1.82, 2.24) is 15.3 Å². The van der Waals surface area contributed by atoms with E-state index in [1.165, 1.54) is 11.1 Å². The Bertz CT molecular complexity index is 602. The molecule has 0 amide bonds. The molecule has 0 saturated heterocycles. The van der Waals surface area contributed by atoms with Gasteiger partial charge in [-0.1, -0.05) is 31.2 Å². The summed E-state index contributed by atoms with van der Waals surface area (Å²) in [6, 6.07) is 8.23. The van der Waals surface area contributed by atoms with Crippen molar-refractivity contribution in [2.24, 2.45) is 0 Å². The van der Waals surface area contributed by atoms with Gasteiger partial charge in [0.05, 0.1) is 26.5 Å². The Kier molecular flexibility index (Phi) is 5.11. The summed E-state index contributed by atoms with van der Waals surface area (Å²) in [5, 5.41) is 3.30. The van der Waals surface area contributed by atoms with Gasteiger partial charge < -0.3 is 14.8 Å². The zero-order valence-electron chi connectivity index (χ0n) is 12.9. The van der Waals surface area contributed by atoms with Crippen LogP contribution >= 0.6 is 0 Å². The number of hydrogen-bond acceptors (Lipinski definition) is 5. The number of rotatable bonds is 6. The molecule has 5 heteroatoms. The van der Waals surface area contributed by atoms with E-state index < -0.39 is 0 Å². The first-order chi connectivity index (χ1) is 10.2. The van der Waals surface area contributed by atoms with Gasteiger partial charge in [-0.05, 0) is 24.6 Å². The van der Waals surface area contributed by atoms with Crippen molar-refractivity contribution in [2.45, 2.75) is 19.4 Å². The highest BCUT2D eigenvalue weighted by Gasteiger charge is 2.22. The molecule has 112 valence electrons. The second-order valence-electron chi connectivity index (χ2n) is 4.58. The lowest BCUT2D eigenvalue weighted by atomic mass is 9.96. The van der Waals surface area contributed by atoms with Gasteiger partial charge in [0, 0.05) is 0 Å². The fourth-order valence-corrected chi connectivity index (χ4v) is 2.39. The smallest absolute Gasteiger partial charge is 0.240 e. The van der Waals surface area contributed by atoms with E-state index in [2.05, 4.69) is 34.3 Å². The molecule has 0 saturated carbocycles. The van der Waals surface area contributed by atoms with Crippen LogP contribution in [-0.2, 0) is 6.42 Å². The van der Waals surface area contributed by atoms with Gasteiger partial charge in [-0.3, -0.25) is 0 Å². The Morgan fingerprint density at radius 2 is 1.95 bits per heavy atom. The van der Waals surface area contributed by atoms with Gasteiger partial charge in [-0.15, -0.1) is 0 Å². The predicted octanol–water partition coefficient (Wildman–Crippen LogP) is 2.37. The molecule has 0 radical (unpaired) electrons. The Labute approximate surface area is 125 Å². The molecule has 1 heterocycles. The lowest BCUT2D eigenvalue weighted by molar-refractivity contribution is 0.353. The molecule has 0 fully saturated rings. The normalized spacial score (nSPS) is 12.0. The van der Waals surface area contributed by atoms with E-state index in [1.54, 1.807) is 20.4 Å². The monoisotopic (exact) mass is 287 g/mol. The summed E-state index contributed by atoms with van der Waals surface area (Å²) >= 11 is 0. The summed E-state index contributed by atoms with van der Waals surface area (Å²) in [5.41, 5.74) is 3.21. The third-order valence-corrected chi connectivity index (χ3v) is 3.46. The highest BCUT2D eigenvalue weighted by Crippen LogP contribution is 2.30. The van der Waals surface area contributed by atoms with Gasteiger partial charge in [-0.25, -0.2) is 4.98 Å². The molecule has 0 aliphatic heterocycles. The predicted molar refractivity (Wildman–Crippen MR) is 81.9 cm³/mol. The summed E-state index contributed by atoms with van der Waals surface area (Å²) in [6.45, 7) is 2.14. The Morgan fingerprint density at radius 3 is 2.57 bits per heavy atom. The largest absolute Gasteiger partial charge is 0.480 e. The second-order valence-corrected chi connectivity index (χ2v) is 4.58. The number of hydrogen-bond donors (Lipinski definition) is 1. The van der Waals surface area contributed by atoms with Crippen LogP contribution in [0.4, 0.5) is 0 Å². The number of methoxy groups -OCH3 is 2. The van der Waals surface area contributed by atoms with E-state index in [0.29, 0.717) is 11.8 Å². The lowest BCUT2D eigenvalue weighted by Crippen LogP contribution is -2.21. The average molecular weight is 287 g/mol. The summed E-state index contributed by atoms with van der Waals surface area (Å²) < 4.78 is 10.5. The van der Waals surface area contributed by atoms with E-state index in [0.717, 1.165) is 12.1 Å². The molecule has 0 aliphatic carbocycles. The van der Waals surface area contributed by atoms with Crippen molar-refractivity contribution in [3.05, 3.63) is 47.3 Å². The molecule has 1 aromatic heterocycles. The van der Waals surface area contributed by atoms with Crippen molar-refractivity contribution in [3.63, 3.8) is 0 Å². The first-order valence-electron chi connectivity index (χ1n) is 6.95. The SMILES string of the molecule is CCc1ccccc1C(NC)c1ncc(OC)nc1OC. The minimum Gasteiger partial charge on any atom is -0.480 e. The van der Waals surface area contributed by atoms with Crippen molar-refractivity contribution in [3.8, 4) is 11.8 Å². The maximum absolute atomic E-state index is 5.37. The van der Waals surface area contributed by atoms with Crippen LogP contribution in [0.5, 0.6) is 11.8 Å². The molecule has 2 rings (SSSR count). The number of aromatic nitrogens is 2. The zero-order valence-corrected chi connectivity index (χ0v) is 12.9. The fourth-order valence-electron chi connectivity index (χ4n) is 2.39. The van der Waals surface area contributed by atoms with Crippen molar-refractivity contribution >= 4 is 0 Å². The highest BCUT2D eigenvalue weighted by molar-refractivity contribution is 5.39. The van der Waals surface area contributed by atoms with Gasteiger partial charge in [0.1, 0.15) is 5.69 Å². The van der Waals surface area contributed by atoms with E-state index in [9.17, 15) is 0 Å². The Balaban J connectivity index is 2.51. The third kappa shape index (κ3) is 3.13. The van der Waals surface area contributed by atoms with Crippen LogP contribution in [0, 0.1) is 0 Å². The minimum atomic E-state index is -0.0745. The van der Waals surface area contributed by atoms with Gasteiger partial charge in [0.15, 0.2) is 0 Å². The quantitative estimate of drug-likeness (QED) is 0.884. The number of aryl methyl sites for hydroxylation is 1. The minimum absolute atomic E-state index is 0.0745. The van der Waals surface area contributed by atoms with E-state index in [1.807, 2.05) is 19.2 Å². The molecule has 1 atom stereocenters. The summed E-state index contributed by atoms with van der Waals surface area (Å²) in [7, 11) is 5.05. The van der Waals surface area contributed by atoms with Crippen LogP contribution in [0.3, 0.4) is 0 Å². The summed E-state index contributed by atoms with van der Waals surface area (Å²) in [6.07, 6.45) is 2.57. The molecule has 1 N–H and O–H groups in total. The Hall–Kier alpha value is -2.14. The van der Waals surface area contributed by atoms with Crippen LogP contribution < -0.4 is 14.8 Å². The third-order valence-electron chi connectivity index (χ3n) is 3.46. The van der Waals surface area contributed by atoms with E-state index >= 15 is 0 Å². The number of nitrogens with one attached hydrogen (secondary N) is 1. The average Bonchev–Trinajstić information content (AvgIpc) is 2.56. The van der Waals surface area contributed by atoms with Crippen LogP contribution in [0.2, 0.25) is 0 Å². The molecule has 1 aromatic carbocycles. The van der Waals surface area contributed by atoms with Crippen molar-refractivity contribution < 1.29 is 9.47 Å². The summed E-state index contributed by atoms with van der Waals surface area (Å²) in [5.74, 6) is 0.911. The molecule has 0 spiro atoms. The number of nitrogens with zero attached hydrogens (tertiary/aromatic N) is 2. The first-order valence-corrected chi connectivity index (χ1v) is 6.95. The van der Waals surface area contributed by atoms with Crippen LogP contribution in [0.1, 0.15) is 29.8 Å². The molecule has 0 bridgehead atoms. The molecule has 1 unspecified atom stereocenters. The lowest BCUT2D eigenvalue weighted by Gasteiger charge is -2.20. The van der Waals surface area contributed by atoms with Gasteiger partial charge in [0.2, 0.25) is 11.8 Å². The molecule has 0 aliphatic rings. The first kappa shape index (κ1) is 15.3. The molecular weight excluding hydrogens is 266 g/mol. The molecular formula is C16H21N3O2. The topological polar surface area (TPSA) is 56.3 Å². The number of benzene rings is 1. The van der Waals surface area contributed by atoms with E-state index in [4.69, 9.17) is 9.47 Å². The maximum atomic E-state index is 5.37. The maximum Gasteiger partial charge on any atom is 0.240 e. The second kappa shape index (κ2) is 7.04. The molecule has 21 heavy (non-hydrogen) atoms. The van der Waals surface area contributed by atoms with Gasteiger partial charge in [0.25, 0.3) is 0 Å². The standard InChI is InChI=1S/C16H21N3O2/c1-5-11-8-6-7-9-12(11)14(17-2)15-16(21-4)19-13(20-3)10-18-15/h6-10,14,17H,5H2,1-4H3. The van der Waals surface area contributed by atoms with Gasteiger partial charge >= 0.3 is 0 Å². The van der Waals surface area contributed by atoms with Crippen LogP contribution in [0.25, 0.3) is 0 Å². The zero-order chi connectivity index (χ0) is 15.2. The van der Waals surface area contributed by atoms with E-state index in [-0.39, 0.29) is 6.04 Å². The van der Waals surface area contributed by atoms with Gasteiger partial charge in [-0.2, -0.15) is 4.98 Å². The Morgan fingerprint density at radius 1 is 1.19 bits per heavy atom. The van der Waals surface area contributed by atoms with Crippen LogP contribution in [-0.4, -0.2) is 31.2 Å². The summed E-state index contributed by atoms with van der Waals surface area (Å²) in [4.78, 5) is 8.78. The van der Waals surface area contributed by atoms with Crippen molar-refractivity contribution in [2.75, 3.05) is 21.3 Å².